The monoisotopic (exact) mass is 602 g/mol. The number of H-pyrrole nitrogens is 1. The molecule has 0 bridgehead atoms. The number of ether oxygens (including phenoxy) is 2. The summed E-state index contributed by atoms with van der Waals surface area (Å²) in [6.07, 6.45) is -0.993. The van der Waals surface area contributed by atoms with Crippen LogP contribution >= 0.6 is 0 Å². The Hall–Kier alpha value is -3.39. The lowest BCUT2D eigenvalue weighted by Crippen LogP contribution is -2.65. The number of benzene rings is 1. The quantitative estimate of drug-likeness (QED) is 0.299. The van der Waals surface area contributed by atoms with Gasteiger partial charge in [0.25, 0.3) is 0 Å². The van der Waals surface area contributed by atoms with Gasteiger partial charge in [-0.2, -0.15) is 31.4 Å². The summed E-state index contributed by atoms with van der Waals surface area (Å²) in [7, 11) is 0. The van der Waals surface area contributed by atoms with E-state index in [2.05, 4.69) is 15.5 Å². The van der Waals surface area contributed by atoms with Gasteiger partial charge < -0.3 is 14.8 Å². The van der Waals surface area contributed by atoms with Gasteiger partial charge in [-0.15, -0.1) is 0 Å². The first-order chi connectivity index (χ1) is 19.7. The third-order valence-electron chi connectivity index (χ3n) is 8.01. The van der Waals surface area contributed by atoms with Crippen LogP contribution in [0.5, 0.6) is 0 Å². The summed E-state index contributed by atoms with van der Waals surface area (Å²) in [5.74, 6) is -0.654. The Labute approximate surface area is 237 Å². The van der Waals surface area contributed by atoms with Crippen molar-refractivity contribution in [3.8, 4) is 0 Å². The summed E-state index contributed by atoms with van der Waals surface area (Å²) in [5, 5.41) is 9.60. The molecule has 1 aromatic heterocycles. The molecule has 0 radical (unpaired) electrons. The van der Waals surface area contributed by atoms with E-state index in [0.29, 0.717) is 31.4 Å². The molecule has 1 aliphatic carbocycles. The van der Waals surface area contributed by atoms with E-state index in [1.807, 2.05) is 24.3 Å². The van der Waals surface area contributed by atoms with Gasteiger partial charge in [0.2, 0.25) is 0 Å². The SMILES string of the molecule is CCOC(=O)C[C@]1(n2cn[nH]c2=O)CC[C@@](CO[C@H](C)c2cc(C(F)(F)F)cc(C(F)(F)F)c2)(C2C=CC=CC2)NC1. The van der Waals surface area contributed by atoms with E-state index >= 15 is 0 Å². The van der Waals surface area contributed by atoms with Crippen LogP contribution in [0.15, 0.2) is 53.6 Å². The zero-order valence-electron chi connectivity index (χ0n) is 23.0. The second kappa shape index (κ2) is 12.1. The molecule has 2 aromatic rings. The van der Waals surface area contributed by atoms with E-state index in [9.17, 15) is 35.9 Å². The minimum absolute atomic E-state index is 0.0651. The van der Waals surface area contributed by atoms with Crippen LogP contribution in [-0.4, -0.2) is 46.0 Å². The van der Waals surface area contributed by atoms with Gasteiger partial charge in [0.15, 0.2) is 0 Å². The van der Waals surface area contributed by atoms with E-state index in [1.54, 1.807) is 6.92 Å². The van der Waals surface area contributed by atoms with Gasteiger partial charge in [0.1, 0.15) is 6.33 Å². The van der Waals surface area contributed by atoms with Crippen LogP contribution in [0.25, 0.3) is 0 Å². The lowest BCUT2D eigenvalue weighted by molar-refractivity contribution is -0.146. The minimum Gasteiger partial charge on any atom is -0.466 e. The van der Waals surface area contributed by atoms with Gasteiger partial charge in [-0.05, 0) is 56.9 Å². The number of hydrogen-bond acceptors (Lipinski definition) is 6. The summed E-state index contributed by atoms with van der Waals surface area (Å²) in [6.45, 7) is 3.29. The van der Waals surface area contributed by atoms with Gasteiger partial charge in [-0.25, -0.2) is 9.89 Å². The van der Waals surface area contributed by atoms with Gasteiger partial charge in [0.05, 0.1) is 42.4 Å². The van der Waals surface area contributed by atoms with Crippen LogP contribution in [0.2, 0.25) is 0 Å². The third kappa shape index (κ3) is 6.80. The number of halogens is 6. The number of allylic oxidation sites excluding steroid dienone is 3. The molecule has 8 nitrogen and oxygen atoms in total. The molecule has 2 aliphatic rings. The summed E-state index contributed by atoms with van der Waals surface area (Å²) < 4.78 is 93.2. The smallest absolute Gasteiger partial charge is 0.416 e. The van der Waals surface area contributed by atoms with Crippen molar-refractivity contribution in [1.29, 1.82) is 0 Å². The highest BCUT2D eigenvalue weighted by molar-refractivity contribution is 5.70. The Kier molecular flexibility index (Phi) is 9.07. The number of carbonyl (C=O) groups excluding carboxylic acids is 1. The van der Waals surface area contributed by atoms with E-state index in [-0.39, 0.29) is 43.7 Å². The fourth-order valence-corrected chi connectivity index (χ4v) is 5.60. The molecule has 0 amide bonds. The Morgan fingerprint density at radius 1 is 1.12 bits per heavy atom. The molecule has 2 N–H and O–H groups in total. The van der Waals surface area contributed by atoms with Gasteiger partial charge in [-0.1, -0.05) is 24.3 Å². The zero-order chi connectivity index (χ0) is 30.8. The number of piperidine rings is 1. The molecule has 230 valence electrons. The second-order valence-corrected chi connectivity index (χ2v) is 10.7. The molecular formula is C28H32F6N4O4. The number of aromatic amines is 1. The highest BCUT2D eigenvalue weighted by atomic mass is 19.4. The molecule has 1 fully saturated rings. The molecule has 1 unspecified atom stereocenters. The van der Waals surface area contributed by atoms with Crippen molar-refractivity contribution < 1.29 is 40.6 Å². The predicted molar refractivity (Wildman–Crippen MR) is 139 cm³/mol. The Bertz CT molecular complexity index is 1340. The molecule has 4 atom stereocenters. The molecule has 1 aromatic carbocycles. The molecule has 2 heterocycles. The van der Waals surface area contributed by atoms with Gasteiger partial charge in [-0.3, -0.25) is 9.36 Å². The molecule has 4 rings (SSSR count). The third-order valence-corrected chi connectivity index (χ3v) is 8.01. The minimum atomic E-state index is -4.98. The van der Waals surface area contributed by atoms with Crippen LogP contribution in [0.3, 0.4) is 0 Å². The largest absolute Gasteiger partial charge is 0.466 e. The highest BCUT2D eigenvalue weighted by Crippen LogP contribution is 2.42. The summed E-state index contributed by atoms with van der Waals surface area (Å²) in [4.78, 5) is 25.1. The number of aromatic nitrogens is 3. The van der Waals surface area contributed by atoms with Crippen LogP contribution in [0, 0.1) is 5.92 Å². The first kappa shape index (κ1) is 31.5. The fourth-order valence-electron chi connectivity index (χ4n) is 5.60. The number of hydrogen-bond donors (Lipinski definition) is 2. The number of rotatable bonds is 9. The maximum absolute atomic E-state index is 13.4. The van der Waals surface area contributed by atoms with Crippen molar-refractivity contribution in [2.24, 2.45) is 5.92 Å². The van der Waals surface area contributed by atoms with Crippen LogP contribution in [0.1, 0.15) is 62.3 Å². The average molecular weight is 603 g/mol. The zero-order valence-corrected chi connectivity index (χ0v) is 23.0. The lowest BCUT2D eigenvalue weighted by atomic mass is 9.70. The first-order valence-corrected chi connectivity index (χ1v) is 13.5. The van der Waals surface area contributed by atoms with Crippen molar-refractivity contribution >= 4 is 5.97 Å². The summed E-state index contributed by atoms with van der Waals surface area (Å²) in [5.41, 5.74) is -5.43. The van der Waals surface area contributed by atoms with Gasteiger partial charge in [0, 0.05) is 18.0 Å². The van der Waals surface area contributed by atoms with E-state index < -0.39 is 52.3 Å². The maximum atomic E-state index is 13.4. The molecule has 1 aliphatic heterocycles. The maximum Gasteiger partial charge on any atom is 0.416 e. The number of nitrogens with zero attached hydrogens (tertiary/aromatic N) is 2. The highest BCUT2D eigenvalue weighted by Gasteiger charge is 2.49. The summed E-state index contributed by atoms with van der Waals surface area (Å²) in [6, 6.07) is 1.42. The first-order valence-electron chi connectivity index (χ1n) is 13.5. The lowest BCUT2D eigenvalue weighted by Gasteiger charge is -2.50. The van der Waals surface area contributed by atoms with E-state index in [4.69, 9.17) is 9.47 Å². The molecule has 1 saturated heterocycles. The second-order valence-electron chi connectivity index (χ2n) is 10.7. The van der Waals surface area contributed by atoms with E-state index in [1.165, 1.54) is 17.8 Å². The van der Waals surface area contributed by atoms with Gasteiger partial charge >= 0.3 is 24.0 Å². The molecule has 0 saturated carbocycles. The molecule has 0 spiro atoms. The van der Waals surface area contributed by atoms with Crippen molar-refractivity contribution in [1.82, 2.24) is 20.1 Å². The average Bonchev–Trinajstić information content (AvgIpc) is 3.38. The number of nitrogens with one attached hydrogen (secondary N) is 2. The number of alkyl halides is 6. The van der Waals surface area contributed by atoms with Crippen molar-refractivity contribution in [2.75, 3.05) is 19.8 Å². The normalized spacial score (nSPS) is 25.4. The van der Waals surface area contributed by atoms with Crippen LogP contribution in [-0.2, 0) is 32.2 Å². The number of carbonyl (C=O) groups is 1. The Balaban J connectivity index is 1.62. The Morgan fingerprint density at radius 2 is 1.81 bits per heavy atom. The standard InChI is InChI=1S/C28H32F6N4O4/c1-3-41-23(39)14-25(38-17-36-37-24(38)40)9-10-26(35-15-25,20-7-5-4-6-8-20)16-42-18(2)19-11-21(27(29,30)31)13-22(12-19)28(32,33)34/h4-7,11-13,17-18,20,35H,3,8-10,14-16H2,1-2H3,(H,37,40)/t18-,20?,25-,26-/m1/s1. The molecule has 14 heteroatoms. The van der Waals surface area contributed by atoms with Crippen molar-refractivity contribution in [3.05, 3.63) is 76.0 Å². The summed E-state index contributed by atoms with van der Waals surface area (Å²) >= 11 is 0. The fraction of sp³-hybridized carbons (Fsp3) is 0.536. The van der Waals surface area contributed by atoms with Crippen LogP contribution < -0.4 is 11.0 Å². The van der Waals surface area contributed by atoms with Crippen LogP contribution in [0.4, 0.5) is 26.3 Å². The molecular weight excluding hydrogens is 570 g/mol. The molecule has 42 heavy (non-hydrogen) atoms. The topological polar surface area (TPSA) is 98.2 Å². The van der Waals surface area contributed by atoms with Crippen molar-refractivity contribution in [3.63, 3.8) is 0 Å². The Morgan fingerprint density at radius 3 is 2.31 bits per heavy atom. The predicted octanol–water partition coefficient (Wildman–Crippen LogP) is 5.29. The van der Waals surface area contributed by atoms with E-state index in [0.717, 1.165) is 0 Å². The number of esters is 1. The van der Waals surface area contributed by atoms with Crippen molar-refractivity contribution in [2.45, 2.75) is 69.1 Å².